The molecule has 1 radical (unpaired) electrons. The second-order valence-electron chi connectivity index (χ2n) is 6.45. The van der Waals surface area contributed by atoms with Gasteiger partial charge in [0.05, 0.1) is 11.3 Å². The molecule has 1 heterocycles. The molecule has 3 aromatic rings. The van der Waals surface area contributed by atoms with E-state index in [0.717, 1.165) is 16.8 Å². The van der Waals surface area contributed by atoms with E-state index >= 15 is 0 Å². The first-order chi connectivity index (χ1) is 12.3. The maximum absolute atomic E-state index is 10.0. The number of aryl methyl sites for hydroxylation is 3. The van der Waals surface area contributed by atoms with E-state index in [1.165, 1.54) is 42.0 Å². The van der Waals surface area contributed by atoms with Crippen molar-refractivity contribution in [3.05, 3.63) is 77.1 Å². The van der Waals surface area contributed by atoms with Gasteiger partial charge >= 0.3 is 0 Å². The third-order valence-corrected chi connectivity index (χ3v) is 4.04. The Morgan fingerprint density at radius 2 is 1.70 bits per heavy atom. The molecule has 1 N–H and O–H groups in total. The Bertz CT molecular complexity index is 973. The predicted molar refractivity (Wildman–Crippen MR) is 107 cm³/mol. The Labute approximate surface area is 174 Å². The molecule has 143 valence electrons. The van der Waals surface area contributed by atoms with Crippen molar-refractivity contribution in [2.45, 2.75) is 34.6 Å². The first-order valence-corrected chi connectivity index (χ1v) is 8.51. The number of ketones is 1. The maximum Gasteiger partial charge on any atom is 0.155 e. The summed E-state index contributed by atoms with van der Waals surface area (Å²) in [4.78, 5) is 14.8. The van der Waals surface area contributed by atoms with Crippen LogP contribution in [0.15, 0.2) is 54.3 Å². The van der Waals surface area contributed by atoms with E-state index < -0.39 is 0 Å². The monoisotopic (exact) mass is 539 g/mol. The molecule has 27 heavy (non-hydrogen) atoms. The number of carbonyl (C=O) groups excluding carboxylic acids is 1. The van der Waals surface area contributed by atoms with Crippen molar-refractivity contribution in [2.24, 2.45) is 0 Å². The molecule has 0 aliphatic rings. The number of fused-ring (bicyclic) bond motifs is 1. The van der Waals surface area contributed by atoms with Crippen LogP contribution < -0.4 is 0 Å². The van der Waals surface area contributed by atoms with Crippen LogP contribution in [0.4, 0.5) is 0 Å². The fourth-order valence-electron chi connectivity index (χ4n) is 2.60. The fourth-order valence-corrected chi connectivity index (χ4v) is 2.60. The van der Waals surface area contributed by atoms with Gasteiger partial charge in [-0.3, -0.25) is 9.78 Å². The summed E-state index contributed by atoms with van der Waals surface area (Å²) in [6.07, 6.45) is 1.17. The molecular formula is C23H24IrNO2-. The minimum atomic E-state index is -0.125. The normalized spacial score (nSPS) is 10.6. The fraction of sp³-hybridized carbons (Fsp3) is 0.217. The maximum atomic E-state index is 10.0. The van der Waals surface area contributed by atoms with Crippen molar-refractivity contribution in [2.75, 3.05) is 0 Å². The number of aliphatic hydroxyl groups excluding tert-OH is 1. The molecular weight excluding hydrogens is 514 g/mol. The number of pyridine rings is 1. The van der Waals surface area contributed by atoms with Crippen LogP contribution in [0, 0.1) is 26.8 Å². The van der Waals surface area contributed by atoms with Crippen LogP contribution in [-0.2, 0) is 24.9 Å². The molecule has 3 nitrogen and oxygen atoms in total. The van der Waals surface area contributed by atoms with Crippen LogP contribution in [0.2, 0.25) is 0 Å². The predicted octanol–water partition coefficient (Wildman–Crippen LogP) is 5.66. The molecule has 0 aliphatic heterocycles. The summed E-state index contributed by atoms with van der Waals surface area (Å²) >= 11 is 0. The van der Waals surface area contributed by atoms with E-state index in [9.17, 15) is 4.79 Å². The van der Waals surface area contributed by atoms with Gasteiger partial charge in [0.15, 0.2) is 5.78 Å². The van der Waals surface area contributed by atoms with Gasteiger partial charge in [-0.1, -0.05) is 38.1 Å². The molecule has 0 atom stereocenters. The third kappa shape index (κ3) is 6.42. The molecule has 3 rings (SSSR count). The first-order valence-electron chi connectivity index (χ1n) is 8.51. The van der Waals surface area contributed by atoms with E-state index in [1.807, 2.05) is 12.1 Å². The Hall–Kier alpha value is -2.29. The Morgan fingerprint density at radius 3 is 2.26 bits per heavy atom. The average Bonchev–Trinajstić information content (AvgIpc) is 2.56. The van der Waals surface area contributed by atoms with Crippen molar-refractivity contribution in [1.29, 1.82) is 0 Å². The Morgan fingerprint density at radius 1 is 1.04 bits per heavy atom. The number of benzene rings is 2. The molecule has 0 unspecified atom stereocenters. The van der Waals surface area contributed by atoms with Gasteiger partial charge in [-0.25, -0.2) is 0 Å². The number of nitrogens with zero attached hydrogens (tertiary/aromatic N) is 1. The second-order valence-corrected chi connectivity index (χ2v) is 6.45. The number of aromatic nitrogens is 1. The van der Waals surface area contributed by atoms with Crippen molar-refractivity contribution in [3.63, 3.8) is 0 Å². The van der Waals surface area contributed by atoms with Crippen molar-refractivity contribution in [3.8, 4) is 11.3 Å². The second kappa shape index (κ2) is 10.1. The van der Waals surface area contributed by atoms with E-state index in [2.05, 4.69) is 57.2 Å². The number of rotatable bonds is 2. The molecule has 0 fully saturated rings. The molecule has 1 aromatic heterocycles. The quantitative estimate of drug-likeness (QED) is 0.260. The van der Waals surface area contributed by atoms with Crippen LogP contribution in [0.3, 0.4) is 0 Å². The van der Waals surface area contributed by atoms with Gasteiger partial charge in [-0.05, 0) is 38.1 Å². The van der Waals surface area contributed by atoms with Gasteiger partial charge in [0.25, 0.3) is 0 Å². The molecule has 0 amide bonds. The molecule has 0 spiro atoms. The zero-order valence-electron chi connectivity index (χ0n) is 16.3. The van der Waals surface area contributed by atoms with Gasteiger partial charge in [0.2, 0.25) is 0 Å². The number of aliphatic hydroxyl groups is 1. The molecule has 0 bridgehead atoms. The summed E-state index contributed by atoms with van der Waals surface area (Å²) in [6.45, 7) is 9.21. The summed E-state index contributed by atoms with van der Waals surface area (Å²) in [5.41, 5.74) is 6.91. The SMILES string of the molecule is CC(=O)/C=C(/C)O.Cc1c[c-]c(-c2cc(C)c3ccccc3n2)cc1C.[Ir]. The first kappa shape index (κ1) is 22.7. The molecule has 4 heteroatoms. The molecule has 0 aliphatic carbocycles. The van der Waals surface area contributed by atoms with E-state index in [0.29, 0.717) is 0 Å². The van der Waals surface area contributed by atoms with Crippen LogP contribution in [0.25, 0.3) is 22.2 Å². The number of allylic oxidation sites excluding steroid dienone is 2. The van der Waals surface area contributed by atoms with Crippen molar-refractivity contribution in [1.82, 2.24) is 4.98 Å². The van der Waals surface area contributed by atoms with Gasteiger partial charge in [0.1, 0.15) is 0 Å². The zero-order valence-corrected chi connectivity index (χ0v) is 18.6. The summed E-state index contributed by atoms with van der Waals surface area (Å²) in [5, 5.41) is 9.58. The van der Waals surface area contributed by atoms with E-state index in [4.69, 9.17) is 10.1 Å². The summed E-state index contributed by atoms with van der Waals surface area (Å²) in [7, 11) is 0. The van der Waals surface area contributed by atoms with Crippen molar-refractivity contribution >= 4 is 16.7 Å². The molecule has 2 aromatic carbocycles. The van der Waals surface area contributed by atoms with Gasteiger partial charge < -0.3 is 5.11 Å². The van der Waals surface area contributed by atoms with Gasteiger partial charge in [0, 0.05) is 31.6 Å². The average molecular weight is 539 g/mol. The number of hydrogen-bond acceptors (Lipinski definition) is 3. The minimum Gasteiger partial charge on any atom is -0.512 e. The third-order valence-electron chi connectivity index (χ3n) is 4.04. The van der Waals surface area contributed by atoms with Crippen LogP contribution in [0.5, 0.6) is 0 Å². The zero-order chi connectivity index (χ0) is 19.3. The van der Waals surface area contributed by atoms with Crippen molar-refractivity contribution < 1.29 is 30.0 Å². The Balaban J connectivity index is 0.000000395. The smallest absolute Gasteiger partial charge is 0.155 e. The standard InChI is InChI=1S/C18H16N.C5H8O2.Ir/c1-12-8-9-15(10-13(12)2)18-11-14(3)16-6-4-5-7-17(16)19-18;1-4(6)3-5(2)7;/h4-8,10-11H,1-3H3;3,6H,1-2H3;/q-1;;/b;4-3-;. The summed E-state index contributed by atoms with van der Waals surface area (Å²) in [5.74, 6) is -0.0625. The minimum absolute atomic E-state index is 0. The van der Waals surface area contributed by atoms with Gasteiger partial charge in [-0.15, -0.1) is 34.9 Å². The topological polar surface area (TPSA) is 50.2 Å². The van der Waals surface area contributed by atoms with Crippen LogP contribution >= 0.6 is 0 Å². The van der Waals surface area contributed by atoms with E-state index in [1.54, 1.807) is 0 Å². The van der Waals surface area contributed by atoms with Crippen LogP contribution in [-0.4, -0.2) is 15.9 Å². The molecule has 0 saturated heterocycles. The van der Waals surface area contributed by atoms with E-state index in [-0.39, 0.29) is 31.6 Å². The number of hydrogen-bond donors (Lipinski definition) is 1. The summed E-state index contributed by atoms with van der Waals surface area (Å²) < 4.78 is 0. The Kier molecular flexibility index (Phi) is 8.55. The van der Waals surface area contributed by atoms with Crippen LogP contribution in [0.1, 0.15) is 30.5 Å². The van der Waals surface area contributed by atoms with Gasteiger partial charge in [-0.2, -0.15) is 0 Å². The largest absolute Gasteiger partial charge is 0.512 e. The summed E-state index contributed by atoms with van der Waals surface area (Å²) in [6, 6.07) is 17.9. The number of carbonyl (C=O) groups is 1. The number of para-hydroxylation sites is 1. The molecule has 0 saturated carbocycles.